The van der Waals surface area contributed by atoms with E-state index in [-0.39, 0.29) is 41.3 Å². The van der Waals surface area contributed by atoms with Gasteiger partial charge < -0.3 is 10.6 Å². The van der Waals surface area contributed by atoms with E-state index < -0.39 is 16.3 Å². The third-order valence-corrected chi connectivity index (χ3v) is 9.10. The van der Waals surface area contributed by atoms with Gasteiger partial charge in [0, 0.05) is 35.4 Å². The number of nitrogens with zero attached hydrogens (tertiary/aromatic N) is 4. The van der Waals surface area contributed by atoms with Gasteiger partial charge in [0.25, 0.3) is 5.91 Å². The van der Waals surface area contributed by atoms with Crippen LogP contribution in [-0.4, -0.2) is 53.7 Å². The van der Waals surface area contributed by atoms with Crippen LogP contribution in [0.4, 0.5) is 0 Å². The third kappa shape index (κ3) is 3.22. The number of rotatable bonds is 7. The summed E-state index contributed by atoms with van der Waals surface area (Å²) in [4.78, 5) is 43.9. The van der Waals surface area contributed by atoms with Crippen molar-refractivity contribution < 1.29 is 14.4 Å². The molecule has 1 aliphatic heterocycles. The molecule has 0 bridgehead atoms. The minimum absolute atomic E-state index is 0.0576. The predicted octanol–water partition coefficient (Wildman–Crippen LogP) is 2.70. The molecule has 3 fully saturated rings. The molecule has 1 saturated heterocycles. The highest BCUT2D eigenvalue weighted by molar-refractivity contribution is 6.51. The zero-order valence-electron chi connectivity index (χ0n) is 17.9. The lowest BCUT2D eigenvalue weighted by Gasteiger charge is -2.27. The minimum atomic E-state index is -0.798. The van der Waals surface area contributed by atoms with Crippen LogP contribution < -0.4 is 5.73 Å². The number of nitrogens with two attached hydrogens (primary N) is 1. The highest BCUT2D eigenvalue weighted by Crippen LogP contribution is 2.70. The normalized spacial score (nSPS) is 29.1. The quantitative estimate of drug-likeness (QED) is 0.616. The van der Waals surface area contributed by atoms with Crippen LogP contribution in [0.15, 0.2) is 18.5 Å². The van der Waals surface area contributed by atoms with Crippen LogP contribution in [0.1, 0.15) is 50.0 Å². The largest absolute Gasteiger partial charge is 0.364 e. The number of amides is 2. The number of pyridine rings is 1. The van der Waals surface area contributed by atoms with E-state index in [9.17, 15) is 14.4 Å². The Balaban J connectivity index is 1.31. The second-order valence-electron chi connectivity index (χ2n) is 9.78. The van der Waals surface area contributed by atoms with Crippen molar-refractivity contribution in [2.24, 2.45) is 23.0 Å². The van der Waals surface area contributed by atoms with E-state index in [2.05, 4.69) is 10.1 Å². The molecular formula is C22H25Cl2N5O3. The minimum Gasteiger partial charge on any atom is -0.364 e. The number of carbonyl (C=O) groups excluding carboxylic acids is 3. The number of alkyl halides is 2. The van der Waals surface area contributed by atoms with Crippen molar-refractivity contribution in [1.82, 2.24) is 19.7 Å². The molecule has 3 aliphatic rings. The molecule has 2 aromatic heterocycles. The standard InChI is InChI=1S/C22H25Cl2N5O3/c1-21(2)17(22(21,23)24)4-3-16(30)14-8-11-7-13(11)29(14)18(31)10-28-15-9-26-6-5-12(15)19(27-28)20(25)32/h5-6,9,11,13-14,17H,3-4,7-8,10H2,1-2H3,(H2,25,32)/t11-,13-,14+,17+/m1/s1. The summed E-state index contributed by atoms with van der Waals surface area (Å²) in [5.41, 5.74) is 5.89. The van der Waals surface area contributed by atoms with Crippen molar-refractivity contribution in [3.05, 3.63) is 24.2 Å². The molecule has 3 heterocycles. The molecule has 5 rings (SSSR count). The molecule has 8 nitrogen and oxygen atoms in total. The average molecular weight is 478 g/mol. The first-order valence-electron chi connectivity index (χ1n) is 10.9. The van der Waals surface area contributed by atoms with Gasteiger partial charge in [-0.3, -0.25) is 24.0 Å². The molecule has 2 saturated carbocycles. The summed E-state index contributed by atoms with van der Waals surface area (Å²) in [5, 5.41) is 4.80. The Labute approximate surface area is 195 Å². The van der Waals surface area contributed by atoms with Crippen molar-refractivity contribution in [2.45, 2.75) is 62.5 Å². The summed E-state index contributed by atoms with van der Waals surface area (Å²) >= 11 is 12.7. The highest BCUT2D eigenvalue weighted by Gasteiger charge is 2.69. The monoisotopic (exact) mass is 477 g/mol. The number of halogens is 2. The lowest BCUT2D eigenvalue weighted by atomic mass is 9.99. The maximum Gasteiger partial charge on any atom is 0.269 e. The van der Waals surface area contributed by atoms with Gasteiger partial charge in [0.1, 0.15) is 10.9 Å². The Morgan fingerprint density at radius 2 is 1.97 bits per heavy atom. The van der Waals surface area contributed by atoms with E-state index in [1.54, 1.807) is 23.4 Å². The molecule has 10 heteroatoms. The van der Waals surface area contributed by atoms with E-state index in [4.69, 9.17) is 28.9 Å². The van der Waals surface area contributed by atoms with Crippen LogP contribution in [0.3, 0.4) is 0 Å². The van der Waals surface area contributed by atoms with E-state index in [1.807, 2.05) is 13.8 Å². The molecule has 32 heavy (non-hydrogen) atoms. The van der Waals surface area contributed by atoms with Crippen LogP contribution in [0.25, 0.3) is 10.9 Å². The third-order valence-electron chi connectivity index (χ3n) is 7.60. The number of hydrogen-bond acceptors (Lipinski definition) is 5. The van der Waals surface area contributed by atoms with Gasteiger partial charge in [0.2, 0.25) is 5.91 Å². The highest BCUT2D eigenvalue weighted by atomic mass is 35.5. The number of likely N-dealkylation sites (tertiary alicyclic amines) is 1. The zero-order valence-corrected chi connectivity index (χ0v) is 19.4. The van der Waals surface area contributed by atoms with Gasteiger partial charge in [-0.25, -0.2) is 0 Å². The van der Waals surface area contributed by atoms with E-state index in [0.29, 0.717) is 36.1 Å². The molecule has 0 aromatic carbocycles. The maximum atomic E-state index is 13.3. The van der Waals surface area contributed by atoms with Crippen molar-refractivity contribution in [1.29, 1.82) is 0 Å². The second kappa shape index (κ2) is 7.15. The molecule has 170 valence electrons. The van der Waals surface area contributed by atoms with Gasteiger partial charge >= 0.3 is 0 Å². The molecule has 0 spiro atoms. The van der Waals surface area contributed by atoms with Crippen LogP contribution in [0, 0.1) is 17.3 Å². The first-order chi connectivity index (χ1) is 15.0. The van der Waals surface area contributed by atoms with Crippen molar-refractivity contribution in [3.8, 4) is 0 Å². The molecule has 0 radical (unpaired) electrons. The molecule has 2 N–H and O–H groups in total. The van der Waals surface area contributed by atoms with Gasteiger partial charge in [-0.2, -0.15) is 5.10 Å². The van der Waals surface area contributed by atoms with Crippen molar-refractivity contribution in [2.75, 3.05) is 0 Å². The van der Waals surface area contributed by atoms with Crippen LogP contribution in [-0.2, 0) is 16.1 Å². The van der Waals surface area contributed by atoms with Gasteiger partial charge in [0.15, 0.2) is 11.5 Å². The molecule has 0 unspecified atom stereocenters. The number of fused-ring (bicyclic) bond motifs is 2. The zero-order chi connectivity index (χ0) is 23.0. The molecule has 2 aromatic rings. The van der Waals surface area contributed by atoms with Gasteiger partial charge in [-0.1, -0.05) is 13.8 Å². The van der Waals surface area contributed by atoms with Gasteiger partial charge in [-0.05, 0) is 31.2 Å². The van der Waals surface area contributed by atoms with Crippen molar-refractivity contribution >= 4 is 51.7 Å². The fraction of sp³-hybridized carbons (Fsp3) is 0.591. The Hall–Kier alpha value is -2.19. The SMILES string of the molecule is CC1(C)[C@H](CCC(=O)[C@@H]2C[C@H]3C[C@H]3N2C(=O)Cn2nc(C(N)=O)c3ccncc32)C1(Cl)Cl. The first kappa shape index (κ1) is 21.6. The second-order valence-corrected chi connectivity index (χ2v) is 11.2. The fourth-order valence-corrected chi connectivity index (χ4v) is 6.31. The summed E-state index contributed by atoms with van der Waals surface area (Å²) in [6, 6.07) is 1.32. The molecule has 2 aliphatic carbocycles. The summed E-state index contributed by atoms with van der Waals surface area (Å²) in [7, 11) is 0. The smallest absolute Gasteiger partial charge is 0.269 e. The topological polar surface area (TPSA) is 111 Å². The summed E-state index contributed by atoms with van der Waals surface area (Å²) in [6.45, 7) is 3.93. The summed E-state index contributed by atoms with van der Waals surface area (Å²) in [5.74, 6) is -0.350. The number of ketones is 1. The maximum absolute atomic E-state index is 13.3. The Kier molecular flexibility index (Phi) is 4.84. The fourth-order valence-electron chi connectivity index (χ4n) is 5.39. The van der Waals surface area contributed by atoms with Crippen molar-refractivity contribution in [3.63, 3.8) is 0 Å². The van der Waals surface area contributed by atoms with Crippen LogP contribution >= 0.6 is 23.2 Å². The number of Topliss-reactive ketones (excluding diaryl/α,β-unsaturated/α-hetero) is 1. The lowest BCUT2D eigenvalue weighted by molar-refractivity contribution is -0.139. The molecular weight excluding hydrogens is 453 g/mol. The number of aromatic nitrogens is 3. The molecule has 4 atom stereocenters. The Morgan fingerprint density at radius 1 is 1.25 bits per heavy atom. The number of carbonyl (C=O) groups is 3. The number of primary amides is 1. The summed E-state index contributed by atoms with van der Waals surface area (Å²) < 4.78 is 0.651. The Bertz CT molecular complexity index is 1130. The first-order valence-corrected chi connectivity index (χ1v) is 11.6. The van der Waals surface area contributed by atoms with E-state index in [1.165, 1.54) is 4.68 Å². The van der Waals surface area contributed by atoms with Crippen LogP contribution in [0.5, 0.6) is 0 Å². The predicted molar refractivity (Wildman–Crippen MR) is 119 cm³/mol. The van der Waals surface area contributed by atoms with Gasteiger partial charge in [-0.15, -0.1) is 23.2 Å². The van der Waals surface area contributed by atoms with E-state index >= 15 is 0 Å². The lowest BCUT2D eigenvalue weighted by Crippen LogP contribution is -2.44. The summed E-state index contributed by atoms with van der Waals surface area (Å²) in [6.07, 6.45) is 5.68. The van der Waals surface area contributed by atoms with E-state index in [0.717, 1.165) is 6.42 Å². The van der Waals surface area contributed by atoms with Crippen LogP contribution in [0.2, 0.25) is 0 Å². The molecule has 2 amide bonds. The van der Waals surface area contributed by atoms with Gasteiger partial charge in [0.05, 0.1) is 17.8 Å². The number of piperidine rings is 1. The number of hydrogen-bond donors (Lipinski definition) is 1. The average Bonchev–Trinajstić information content (AvgIpc) is 3.39. The Morgan fingerprint density at radius 3 is 2.62 bits per heavy atom.